The van der Waals surface area contributed by atoms with E-state index in [0.29, 0.717) is 0 Å². The molecule has 0 aliphatic heterocycles. The molecule has 0 spiro atoms. The van der Waals surface area contributed by atoms with E-state index in [1.807, 2.05) is 0 Å². The summed E-state index contributed by atoms with van der Waals surface area (Å²) in [5.74, 6) is 0. The predicted octanol–water partition coefficient (Wildman–Crippen LogP) is -4.98. The summed E-state index contributed by atoms with van der Waals surface area (Å²) in [5, 5.41) is 21.9. The average molecular weight is 131 g/mol. The zero-order valence-corrected chi connectivity index (χ0v) is 6.10. The van der Waals surface area contributed by atoms with E-state index in [0.717, 1.165) is 0 Å². The molecule has 0 saturated heterocycles. The summed E-state index contributed by atoms with van der Waals surface area (Å²) in [7, 11) is 0. The van der Waals surface area contributed by atoms with Crippen molar-refractivity contribution < 1.29 is 49.8 Å². The van der Waals surface area contributed by atoms with E-state index < -0.39 is 11.6 Å². The van der Waals surface area contributed by atoms with Crippen LogP contribution in [0.5, 0.6) is 0 Å². The quantitative estimate of drug-likeness (QED) is 0.153. The van der Waals surface area contributed by atoms with Crippen LogP contribution in [0.3, 0.4) is 0 Å². The van der Waals surface area contributed by atoms with Crippen molar-refractivity contribution in [3.8, 4) is 0 Å². The molecule has 0 aromatic rings. The first-order valence-electron chi connectivity index (χ1n) is 1.04. The average Bonchev–Trinajstić information content (AvgIpc) is 1.33. The summed E-state index contributed by atoms with van der Waals surface area (Å²) in [6.07, 6.45) is 0. The second-order valence-corrected chi connectivity index (χ2v) is 0.334. The van der Waals surface area contributed by atoms with Gasteiger partial charge in [0.2, 0.25) is 0 Å². The summed E-state index contributed by atoms with van der Waals surface area (Å²) in [5.41, 5.74) is 0. The Labute approximate surface area is 66.5 Å². The number of carbonyl (C=O) groups is 1. The topological polar surface area (TPSA) is 104 Å². The molecule has 0 atom stereocenters. The van der Waals surface area contributed by atoms with Crippen molar-refractivity contribution in [1.82, 2.24) is 0 Å². The Hall–Kier alpha value is -0.330. The molecular weight excluding hydrogens is 129 g/mol. The second kappa shape index (κ2) is 15.9. The van der Waals surface area contributed by atoms with E-state index in [9.17, 15) is 0 Å². The first kappa shape index (κ1) is 15.6. The first-order chi connectivity index (χ1) is 3.15. The summed E-state index contributed by atoms with van der Waals surface area (Å²) in [4.78, 5) is 16.6. The maximum Gasteiger partial charge on any atom is 1.00 e. The van der Waals surface area contributed by atoms with Gasteiger partial charge in [-0.15, -0.1) is 10.1 Å². The fourth-order valence-corrected chi connectivity index (χ4v) is 0. The van der Waals surface area contributed by atoms with E-state index in [4.69, 9.17) is 25.2 Å². The molecule has 0 aliphatic carbocycles. The van der Waals surface area contributed by atoms with Gasteiger partial charge in [-0.2, -0.15) is 0 Å². The van der Waals surface area contributed by atoms with Gasteiger partial charge in [0, 0.05) is 6.47 Å². The molecule has 0 aliphatic rings. The molecule has 42 valence electrons. The summed E-state index contributed by atoms with van der Waals surface area (Å²) >= 11 is 0. The van der Waals surface area contributed by atoms with Gasteiger partial charge in [0.1, 0.15) is 0 Å². The number of carboxylic acid groups (broad SMARTS) is 1. The van der Waals surface area contributed by atoms with Gasteiger partial charge in [0.05, 0.1) is 0 Å². The third kappa shape index (κ3) is 1140. The van der Waals surface area contributed by atoms with E-state index in [1.54, 1.807) is 0 Å². The molecule has 0 radical (unpaired) electrons. The van der Waals surface area contributed by atoms with Crippen molar-refractivity contribution in [2.75, 3.05) is 0 Å². The van der Waals surface area contributed by atoms with Crippen molar-refractivity contribution in [2.24, 2.45) is 0 Å². The van der Waals surface area contributed by atoms with E-state index in [1.165, 1.54) is 0 Å². The van der Waals surface area contributed by atoms with Crippen LogP contribution in [0.2, 0.25) is 0 Å². The van der Waals surface area contributed by atoms with E-state index in [-0.39, 0.29) is 29.6 Å². The van der Waals surface area contributed by atoms with Crippen molar-refractivity contribution in [2.45, 2.75) is 0 Å². The minimum absolute atomic E-state index is 0. The van der Waals surface area contributed by atoms with Crippen molar-refractivity contribution in [1.29, 1.82) is 0 Å². The molecule has 6 nitrogen and oxygen atoms in total. The number of hydrogen-bond donors (Lipinski definition) is 1. The van der Waals surface area contributed by atoms with Crippen LogP contribution in [0, 0.1) is 10.1 Å². The smallest absolute Gasteiger partial charge is 0.554 e. The van der Waals surface area contributed by atoms with Crippen molar-refractivity contribution in [3.63, 3.8) is 0 Å². The number of nitrogens with zero attached hydrogens (tertiary/aromatic N) is 1. The molecule has 7 heteroatoms. The van der Waals surface area contributed by atoms with Crippen molar-refractivity contribution in [3.05, 3.63) is 10.1 Å². The van der Waals surface area contributed by atoms with Crippen LogP contribution >= 0.6 is 0 Å². The van der Waals surface area contributed by atoms with Gasteiger partial charge in [-0.1, -0.05) is 0 Å². The molecule has 0 rings (SSSR count). The zero-order chi connectivity index (χ0) is 6.28. The third-order valence-electron chi connectivity index (χ3n) is 0. The molecule has 0 unspecified atom stereocenters. The Balaban J connectivity index is -0.0000000575. The molecule has 0 saturated carbocycles. The summed E-state index contributed by atoms with van der Waals surface area (Å²) < 4.78 is 0. The normalized spacial score (nSPS) is 4.50. The molecule has 0 aromatic heterocycles. The van der Waals surface area contributed by atoms with E-state index >= 15 is 0 Å². The van der Waals surface area contributed by atoms with Gasteiger partial charge < -0.3 is 15.1 Å². The summed E-state index contributed by atoms with van der Waals surface area (Å²) in [6.45, 7) is -0.500. The Bertz CT molecular complexity index is 59.4. The standard InChI is InChI=1S/CH2O2.HNO3.Na/c2-1-3;2-1(3)4;/h1H,(H,2,3);(H,2,3,4);/q;;+1/p-1. The fourth-order valence-electron chi connectivity index (χ4n) is 0. The zero-order valence-electron chi connectivity index (χ0n) is 4.10. The Morgan fingerprint density at radius 3 is 1.62 bits per heavy atom. The van der Waals surface area contributed by atoms with Crippen LogP contribution in [-0.2, 0) is 4.79 Å². The van der Waals surface area contributed by atoms with Gasteiger partial charge >= 0.3 is 29.6 Å². The molecule has 1 N–H and O–H groups in total. The number of carbonyl (C=O) groups excluding carboxylic acids is 1. The molecule has 0 fully saturated rings. The maximum atomic E-state index is 8.36. The first-order valence-corrected chi connectivity index (χ1v) is 1.04. The predicted molar refractivity (Wildman–Crippen MR) is 14.8 cm³/mol. The van der Waals surface area contributed by atoms with Crippen LogP contribution in [0.1, 0.15) is 0 Å². The van der Waals surface area contributed by atoms with Crippen LogP contribution in [0.15, 0.2) is 0 Å². The number of hydrogen-bond acceptors (Lipinski definition) is 4. The van der Waals surface area contributed by atoms with Gasteiger partial charge in [0.15, 0.2) is 0 Å². The third-order valence-corrected chi connectivity index (χ3v) is 0. The summed E-state index contributed by atoms with van der Waals surface area (Å²) in [6, 6.07) is 0. The van der Waals surface area contributed by atoms with Crippen LogP contribution in [-0.4, -0.2) is 16.8 Å². The van der Waals surface area contributed by atoms with Crippen LogP contribution in [0.25, 0.3) is 0 Å². The largest absolute Gasteiger partial charge is 1.00 e. The van der Waals surface area contributed by atoms with Gasteiger partial charge in [0.25, 0.3) is 5.09 Å². The second-order valence-electron chi connectivity index (χ2n) is 0.334. The van der Waals surface area contributed by atoms with Gasteiger partial charge in [-0.3, -0.25) is 0 Å². The molecule has 0 amide bonds. The molecule has 8 heavy (non-hydrogen) atoms. The Kier molecular flexibility index (Phi) is 31.1. The molecular formula is CH2NNaO5. The molecule has 0 bridgehead atoms. The number of rotatable bonds is 0. The minimum atomic E-state index is -1.50. The fraction of sp³-hybridized carbons (Fsp3) is 0. The Morgan fingerprint density at radius 2 is 1.62 bits per heavy atom. The van der Waals surface area contributed by atoms with Crippen molar-refractivity contribution >= 4 is 6.47 Å². The Morgan fingerprint density at radius 1 is 1.62 bits per heavy atom. The van der Waals surface area contributed by atoms with Gasteiger partial charge in [-0.05, 0) is 0 Å². The monoisotopic (exact) mass is 131 g/mol. The molecule has 0 aromatic carbocycles. The van der Waals surface area contributed by atoms with Crippen LogP contribution in [0.4, 0.5) is 0 Å². The van der Waals surface area contributed by atoms with Gasteiger partial charge in [-0.25, -0.2) is 0 Å². The minimum Gasteiger partial charge on any atom is -0.554 e. The molecule has 0 heterocycles. The SMILES string of the molecule is O=C[O-].O=[N+]([O-])O.[Na+]. The van der Waals surface area contributed by atoms with Crippen LogP contribution < -0.4 is 34.7 Å². The maximum absolute atomic E-state index is 8.36. The van der Waals surface area contributed by atoms with E-state index in [2.05, 4.69) is 0 Å².